The molecule has 1 unspecified atom stereocenters. The number of hydrogen-bond acceptors (Lipinski definition) is 3. The Morgan fingerprint density at radius 2 is 2.00 bits per heavy atom. The summed E-state index contributed by atoms with van der Waals surface area (Å²) >= 11 is 0. The molecule has 3 nitrogen and oxygen atoms in total. The Kier molecular flexibility index (Phi) is 6.86. The van der Waals surface area contributed by atoms with Gasteiger partial charge in [-0.25, -0.2) is 0 Å². The molecule has 1 atom stereocenters. The van der Waals surface area contributed by atoms with Crippen molar-refractivity contribution < 1.29 is 9.84 Å². The molecule has 0 spiro atoms. The van der Waals surface area contributed by atoms with Crippen LogP contribution in [0.15, 0.2) is 30.3 Å². The largest absolute Gasteiger partial charge is 0.395 e. The van der Waals surface area contributed by atoms with Crippen LogP contribution in [0.4, 0.5) is 0 Å². The number of rotatable bonds is 8. The van der Waals surface area contributed by atoms with Crippen LogP contribution in [0, 0.1) is 0 Å². The van der Waals surface area contributed by atoms with Gasteiger partial charge in [0.1, 0.15) is 0 Å². The third-order valence-electron chi connectivity index (χ3n) is 2.89. The maximum atomic E-state index is 8.94. The van der Waals surface area contributed by atoms with Crippen molar-refractivity contribution >= 4 is 0 Å². The Bertz CT molecular complexity index is 290. The minimum absolute atomic E-state index is 0.205. The highest BCUT2D eigenvalue weighted by Crippen LogP contribution is 2.03. The SMILES string of the molecule is CCN(CCO)C(C)COCc1ccccc1. The lowest BCUT2D eigenvalue weighted by Crippen LogP contribution is -2.38. The van der Waals surface area contributed by atoms with E-state index in [1.807, 2.05) is 18.2 Å². The van der Waals surface area contributed by atoms with Crippen molar-refractivity contribution in [3.63, 3.8) is 0 Å². The minimum Gasteiger partial charge on any atom is -0.395 e. The second-order valence-corrected chi connectivity index (χ2v) is 4.20. The van der Waals surface area contributed by atoms with Gasteiger partial charge in [0.2, 0.25) is 0 Å². The first-order valence-electron chi connectivity index (χ1n) is 6.24. The highest BCUT2D eigenvalue weighted by molar-refractivity contribution is 5.13. The monoisotopic (exact) mass is 237 g/mol. The smallest absolute Gasteiger partial charge is 0.0717 e. The zero-order valence-corrected chi connectivity index (χ0v) is 10.8. The average molecular weight is 237 g/mol. The lowest BCUT2D eigenvalue weighted by molar-refractivity contribution is 0.0520. The standard InChI is InChI=1S/C14H23NO2/c1-3-15(9-10-16)13(2)11-17-12-14-7-5-4-6-8-14/h4-8,13,16H,3,9-12H2,1-2H3. The second kappa shape index (κ2) is 8.23. The predicted molar refractivity (Wildman–Crippen MR) is 69.9 cm³/mol. The molecular weight excluding hydrogens is 214 g/mol. The lowest BCUT2D eigenvalue weighted by atomic mass is 10.2. The van der Waals surface area contributed by atoms with E-state index < -0.39 is 0 Å². The van der Waals surface area contributed by atoms with Gasteiger partial charge in [0.05, 0.1) is 19.8 Å². The Morgan fingerprint density at radius 1 is 1.29 bits per heavy atom. The summed E-state index contributed by atoms with van der Waals surface area (Å²) in [5, 5.41) is 8.94. The van der Waals surface area contributed by atoms with Crippen molar-refractivity contribution in [2.45, 2.75) is 26.5 Å². The Balaban J connectivity index is 2.25. The fourth-order valence-electron chi connectivity index (χ4n) is 1.85. The number of aliphatic hydroxyl groups is 1. The molecule has 0 aliphatic heterocycles. The normalized spacial score (nSPS) is 12.9. The molecule has 1 aromatic carbocycles. The molecule has 0 amide bonds. The zero-order chi connectivity index (χ0) is 12.5. The first-order valence-corrected chi connectivity index (χ1v) is 6.24. The van der Waals surface area contributed by atoms with Crippen LogP contribution in [0.25, 0.3) is 0 Å². The van der Waals surface area contributed by atoms with Gasteiger partial charge in [-0.15, -0.1) is 0 Å². The fourth-order valence-corrected chi connectivity index (χ4v) is 1.85. The third kappa shape index (κ3) is 5.31. The van der Waals surface area contributed by atoms with E-state index in [2.05, 4.69) is 30.9 Å². The van der Waals surface area contributed by atoms with Crippen LogP contribution in [0.2, 0.25) is 0 Å². The molecule has 0 heterocycles. The lowest BCUT2D eigenvalue weighted by Gasteiger charge is -2.26. The summed E-state index contributed by atoms with van der Waals surface area (Å²) < 4.78 is 5.69. The first kappa shape index (κ1) is 14.2. The summed E-state index contributed by atoms with van der Waals surface area (Å²) in [5.41, 5.74) is 1.20. The molecule has 0 saturated heterocycles. The molecule has 0 bridgehead atoms. The summed E-state index contributed by atoms with van der Waals surface area (Å²) in [5.74, 6) is 0. The highest BCUT2D eigenvalue weighted by atomic mass is 16.5. The van der Waals surface area contributed by atoms with E-state index in [9.17, 15) is 0 Å². The van der Waals surface area contributed by atoms with Gasteiger partial charge < -0.3 is 9.84 Å². The van der Waals surface area contributed by atoms with E-state index >= 15 is 0 Å². The van der Waals surface area contributed by atoms with Crippen LogP contribution in [0.3, 0.4) is 0 Å². The molecule has 0 aliphatic rings. The fraction of sp³-hybridized carbons (Fsp3) is 0.571. The van der Waals surface area contributed by atoms with Gasteiger partial charge in [0.25, 0.3) is 0 Å². The van der Waals surface area contributed by atoms with E-state index in [1.165, 1.54) is 5.56 Å². The molecule has 0 aromatic heterocycles. The molecular formula is C14H23NO2. The Morgan fingerprint density at radius 3 is 2.59 bits per heavy atom. The summed E-state index contributed by atoms with van der Waals surface area (Å²) in [7, 11) is 0. The summed E-state index contributed by atoms with van der Waals surface area (Å²) in [6.07, 6.45) is 0. The van der Waals surface area contributed by atoms with E-state index in [0.29, 0.717) is 25.8 Å². The van der Waals surface area contributed by atoms with Crippen LogP contribution in [-0.2, 0) is 11.3 Å². The number of benzene rings is 1. The number of ether oxygens (including phenoxy) is 1. The highest BCUT2D eigenvalue weighted by Gasteiger charge is 2.11. The van der Waals surface area contributed by atoms with Gasteiger partial charge in [0, 0.05) is 12.6 Å². The Labute approximate surface area is 104 Å². The second-order valence-electron chi connectivity index (χ2n) is 4.20. The third-order valence-corrected chi connectivity index (χ3v) is 2.89. The van der Waals surface area contributed by atoms with Gasteiger partial charge in [-0.05, 0) is 19.0 Å². The summed E-state index contributed by atoms with van der Waals surface area (Å²) in [4.78, 5) is 2.21. The van der Waals surface area contributed by atoms with Crippen molar-refractivity contribution in [1.29, 1.82) is 0 Å². The molecule has 0 aliphatic carbocycles. The van der Waals surface area contributed by atoms with Crippen molar-refractivity contribution in [1.82, 2.24) is 4.90 Å². The maximum Gasteiger partial charge on any atom is 0.0717 e. The van der Waals surface area contributed by atoms with Crippen LogP contribution >= 0.6 is 0 Å². The van der Waals surface area contributed by atoms with Crippen LogP contribution in [0.1, 0.15) is 19.4 Å². The minimum atomic E-state index is 0.205. The molecule has 1 rings (SSSR count). The molecule has 0 fully saturated rings. The maximum absolute atomic E-state index is 8.94. The van der Waals surface area contributed by atoms with E-state index in [0.717, 1.165) is 6.54 Å². The van der Waals surface area contributed by atoms with Gasteiger partial charge in [0.15, 0.2) is 0 Å². The van der Waals surface area contributed by atoms with E-state index in [1.54, 1.807) is 0 Å². The van der Waals surface area contributed by atoms with Gasteiger partial charge in [-0.1, -0.05) is 37.3 Å². The van der Waals surface area contributed by atoms with Crippen molar-refractivity contribution in [2.75, 3.05) is 26.3 Å². The van der Waals surface area contributed by atoms with Gasteiger partial charge >= 0.3 is 0 Å². The van der Waals surface area contributed by atoms with E-state index in [-0.39, 0.29) is 6.61 Å². The summed E-state index contributed by atoms with van der Waals surface area (Å²) in [6.45, 7) is 7.44. The quantitative estimate of drug-likeness (QED) is 0.749. The van der Waals surface area contributed by atoms with Crippen molar-refractivity contribution in [3.8, 4) is 0 Å². The van der Waals surface area contributed by atoms with E-state index in [4.69, 9.17) is 9.84 Å². The first-order chi connectivity index (χ1) is 8.27. The predicted octanol–water partition coefficient (Wildman–Crippen LogP) is 1.91. The van der Waals surface area contributed by atoms with Crippen molar-refractivity contribution in [3.05, 3.63) is 35.9 Å². The zero-order valence-electron chi connectivity index (χ0n) is 10.8. The molecule has 1 N–H and O–H groups in total. The molecule has 17 heavy (non-hydrogen) atoms. The van der Waals surface area contributed by atoms with Crippen molar-refractivity contribution in [2.24, 2.45) is 0 Å². The Hall–Kier alpha value is -0.900. The molecule has 0 radical (unpaired) electrons. The number of aliphatic hydroxyl groups excluding tert-OH is 1. The molecule has 1 aromatic rings. The number of hydrogen-bond donors (Lipinski definition) is 1. The van der Waals surface area contributed by atoms with Gasteiger partial charge in [-0.2, -0.15) is 0 Å². The summed E-state index contributed by atoms with van der Waals surface area (Å²) in [6, 6.07) is 10.5. The molecule has 96 valence electrons. The van der Waals surface area contributed by atoms with Crippen LogP contribution in [0.5, 0.6) is 0 Å². The molecule has 3 heteroatoms. The number of likely N-dealkylation sites (N-methyl/N-ethyl adjacent to an activating group) is 1. The van der Waals surface area contributed by atoms with Crippen LogP contribution < -0.4 is 0 Å². The van der Waals surface area contributed by atoms with Gasteiger partial charge in [-0.3, -0.25) is 4.90 Å². The molecule has 0 saturated carbocycles. The average Bonchev–Trinajstić information content (AvgIpc) is 2.37. The number of nitrogens with zero attached hydrogens (tertiary/aromatic N) is 1. The topological polar surface area (TPSA) is 32.7 Å². The van der Waals surface area contributed by atoms with Crippen LogP contribution in [-0.4, -0.2) is 42.4 Å².